The summed E-state index contributed by atoms with van der Waals surface area (Å²) in [5.41, 5.74) is 0.950. The number of hydrogen-bond acceptors (Lipinski definition) is 3. The Hall–Kier alpha value is -0.790. The number of halogens is 1. The fourth-order valence-corrected chi connectivity index (χ4v) is 2.98. The second kappa shape index (κ2) is 9.37. The molecule has 1 aromatic rings. The van der Waals surface area contributed by atoms with Gasteiger partial charge in [0.2, 0.25) is 5.89 Å². The molecule has 1 aliphatic carbocycles. The van der Waals surface area contributed by atoms with E-state index in [-0.39, 0.29) is 24.0 Å². The van der Waals surface area contributed by atoms with E-state index in [2.05, 4.69) is 27.5 Å². The summed E-state index contributed by atoms with van der Waals surface area (Å²) in [5, 5.41) is 6.68. The van der Waals surface area contributed by atoms with E-state index in [4.69, 9.17) is 4.42 Å². The summed E-state index contributed by atoms with van der Waals surface area (Å²) >= 11 is 0. The van der Waals surface area contributed by atoms with Crippen LogP contribution in [0.3, 0.4) is 0 Å². The normalized spacial score (nSPS) is 22.1. The molecule has 2 rings (SSSR count). The molecule has 126 valence electrons. The van der Waals surface area contributed by atoms with Crippen LogP contribution in [-0.4, -0.2) is 24.5 Å². The van der Waals surface area contributed by atoms with Crippen molar-refractivity contribution in [1.29, 1.82) is 0 Å². The zero-order chi connectivity index (χ0) is 15.2. The number of oxazole rings is 1. The molecule has 0 spiro atoms. The average Bonchev–Trinajstić information content (AvgIpc) is 2.78. The Labute approximate surface area is 150 Å². The highest BCUT2D eigenvalue weighted by atomic mass is 127. The smallest absolute Gasteiger partial charge is 0.214 e. The molecule has 2 unspecified atom stereocenters. The Morgan fingerprint density at radius 2 is 2.09 bits per heavy atom. The largest absolute Gasteiger partial charge is 0.444 e. The van der Waals surface area contributed by atoms with Gasteiger partial charge in [-0.1, -0.05) is 19.8 Å². The SMILES string of the molecule is CN=C(NCc1nc(C)c(C)o1)NCC1CCCC(C)C1.I. The number of nitrogens with one attached hydrogen (secondary N) is 2. The summed E-state index contributed by atoms with van der Waals surface area (Å²) in [6.45, 7) is 7.80. The fraction of sp³-hybridized carbons (Fsp3) is 0.750. The van der Waals surface area contributed by atoms with E-state index < -0.39 is 0 Å². The molecule has 0 bridgehead atoms. The molecule has 2 atom stereocenters. The number of rotatable bonds is 4. The van der Waals surface area contributed by atoms with Crippen LogP contribution in [0.25, 0.3) is 0 Å². The summed E-state index contributed by atoms with van der Waals surface area (Å²) < 4.78 is 5.56. The van der Waals surface area contributed by atoms with Gasteiger partial charge in [-0.3, -0.25) is 4.99 Å². The lowest BCUT2D eigenvalue weighted by Gasteiger charge is -2.27. The molecule has 1 aliphatic rings. The molecular formula is C16H29IN4O. The van der Waals surface area contributed by atoms with Gasteiger partial charge in [-0.25, -0.2) is 4.98 Å². The Morgan fingerprint density at radius 3 is 2.68 bits per heavy atom. The average molecular weight is 420 g/mol. The highest BCUT2D eigenvalue weighted by molar-refractivity contribution is 14.0. The van der Waals surface area contributed by atoms with E-state index in [0.717, 1.165) is 35.8 Å². The first-order valence-electron chi connectivity index (χ1n) is 7.96. The van der Waals surface area contributed by atoms with Gasteiger partial charge in [-0.05, 0) is 38.5 Å². The number of aromatic nitrogens is 1. The van der Waals surface area contributed by atoms with Crippen LogP contribution in [0.5, 0.6) is 0 Å². The van der Waals surface area contributed by atoms with Crippen LogP contribution < -0.4 is 10.6 Å². The molecule has 6 heteroatoms. The molecule has 22 heavy (non-hydrogen) atoms. The number of aryl methyl sites for hydroxylation is 2. The first-order valence-corrected chi connectivity index (χ1v) is 7.96. The van der Waals surface area contributed by atoms with E-state index in [1.807, 2.05) is 13.8 Å². The lowest BCUT2D eigenvalue weighted by molar-refractivity contribution is 0.282. The number of hydrogen-bond donors (Lipinski definition) is 2. The molecular weight excluding hydrogens is 391 g/mol. The van der Waals surface area contributed by atoms with Crippen molar-refractivity contribution in [2.75, 3.05) is 13.6 Å². The van der Waals surface area contributed by atoms with Crippen LogP contribution in [0, 0.1) is 25.7 Å². The molecule has 1 aromatic heterocycles. The predicted octanol–water partition coefficient (Wildman–Crippen LogP) is 3.40. The topological polar surface area (TPSA) is 62.5 Å². The van der Waals surface area contributed by atoms with Gasteiger partial charge >= 0.3 is 0 Å². The summed E-state index contributed by atoms with van der Waals surface area (Å²) in [5.74, 6) is 4.03. The lowest BCUT2D eigenvalue weighted by Crippen LogP contribution is -2.40. The Morgan fingerprint density at radius 1 is 1.32 bits per heavy atom. The van der Waals surface area contributed by atoms with Gasteiger partial charge in [0.05, 0.1) is 12.2 Å². The third-order valence-electron chi connectivity index (χ3n) is 4.31. The molecule has 0 amide bonds. The van der Waals surface area contributed by atoms with Crippen LogP contribution in [0.4, 0.5) is 0 Å². The molecule has 2 N–H and O–H groups in total. The summed E-state index contributed by atoms with van der Waals surface area (Å²) in [6.07, 6.45) is 5.38. The lowest BCUT2D eigenvalue weighted by atomic mass is 9.82. The zero-order valence-electron chi connectivity index (χ0n) is 14.1. The second-order valence-electron chi connectivity index (χ2n) is 6.19. The van der Waals surface area contributed by atoms with Crippen molar-refractivity contribution in [1.82, 2.24) is 15.6 Å². The Kier molecular flexibility index (Phi) is 8.20. The first kappa shape index (κ1) is 19.3. The van der Waals surface area contributed by atoms with Crippen molar-refractivity contribution in [3.63, 3.8) is 0 Å². The van der Waals surface area contributed by atoms with Crippen molar-refractivity contribution in [3.8, 4) is 0 Å². The van der Waals surface area contributed by atoms with E-state index in [1.165, 1.54) is 25.7 Å². The van der Waals surface area contributed by atoms with E-state index >= 15 is 0 Å². The predicted molar refractivity (Wildman–Crippen MR) is 101 cm³/mol. The van der Waals surface area contributed by atoms with Crippen molar-refractivity contribution >= 4 is 29.9 Å². The Balaban J connectivity index is 0.00000242. The molecule has 0 aliphatic heterocycles. The zero-order valence-corrected chi connectivity index (χ0v) is 16.4. The third kappa shape index (κ3) is 5.78. The van der Waals surface area contributed by atoms with E-state index in [1.54, 1.807) is 7.05 Å². The van der Waals surface area contributed by atoms with Crippen molar-refractivity contribution in [3.05, 3.63) is 17.3 Å². The summed E-state index contributed by atoms with van der Waals surface area (Å²) in [6, 6.07) is 0. The van der Waals surface area contributed by atoms with Crippen LogP contribution in [-0.2, 0) is 6.54 Å². The van der Waals surface area contributed by atoms with Crippen molar-refractivity contribution < 1.29 is 4.42 Å². The maximum absolute atomic E-state index is 5.56. The first-order chi connectivity index (χ1) is 10.1. The number of nitrogens with zero attached hydrogens (tertiary/aromatic N) is 2. The molecule has 5 nitrogen and oxygen atoms in total. The molecule has 0 radical (unpaired) electrons. The number of guanidine groups is 1. The van der Waals surface area contributed by atoms with E-state index in [0.29, 0.717) is 12.4 Å². The van der Waals surface area contributed by atoms with Gasteiger partial charge in [-0.2, -0.15) is 0 Å². The number of aliphatic imine (C=N–C) groups is 1. The van der Waals surface area contributed by atoms with Crippen molar-refractivity contribution in [2.45, 2.75) is 53.0 Å². The minimum absolute atomic E-state index is 0. The van der Waals surface area contributed by atoms with Gasteiger partial charge in [0.15, 0.2) is 5.96 Å². The third-order valence-corrected chi connectivity index (χ3v) is 4.31. The molecule has 0 aromatic carbocycles. The highest BCUT2D eigenvalue weighted by Crippen LogP contribution is 2.27. The van der Waals surface area contributed by atoms with Gasteiger partial charge in [0.1, 0.15) is 5.76 Å². The maximum atomic E-state index is 5.56. The summed E-state index contributed by atoms with van der Waals surface area (Å²) in [4.78, 5) is 8.63. The minimum atomic E-state index is 0. The molecule has 0 saturated heterocycles. The quantitative estimate of drug-likeness (QED) is 0.445. The van der Waals surface area contributed by atoms with Gasteiger partial charge in [-0.15, -0.1) is 24.0 Å². The summed E-state index contributed by atoms with van der Waals surface area (Å²) in [7, 11) is 1.80. The van der Waals surface area contributed by atoms with Gasteiger partial charge in [0.25, 0.3) is 0 Å². The van der Waals surface area contributed by atoms with Crippen LogP contribution in [0.1, 0.15) is 50.0 Å². The van der Waals surface area contributed by atoms with Gasteiger partial charge < -0.3 is 15.1 Å². The minimum Gasteiger partial charge on any atom is -0.444 e. The fourth-order valence-electron chi connectivity index (χ4n) is 2.98. The monoisotopic (exact) mass is 420 g/mol. The molecule has 1 heterocycles. The van der Waals surface area contributed by atoms with Crippen LogP contribution in [0.15, 0.2) is 9.41 Å². The Bertz CT molecular complexity index is 467. The van der Waals surface area contributed by atoms with E-state index in [9.17, 15) is 0 Å². The maximum Gasteiger partial charge on any atom is 0.214 e. The van der Waals surface area contributed by atoms with Crippen LogP contribution >= 0.6 is 24.0 Å². The van der Waals surface area contributed by atoms with Gasteiger partial charge in [0, 0.05) is 13.6 Å². The van der Waals surface area contributed by atoms with Crippen LogP contribution in [0.2, 0.25) is 0 Å². The highest BCUT2D eigenvalue weighted by Gasteiger charge is 2.18. The standard InChI is InChI=1S/C16H28N4O.HI/c1-11-6-5-7-14(8-11)9-18-16(17-4)19-10-15-20-12(2)13(3)21-15;/h11,14H,5-10H2,1-4H3,(H2,17,18,19);1H. The van der Waals surface area contributed by atoms with Crippen molar-refractivity contribution in [2.24, 2.45) is 16.8 Å². The molecule has 1 fully saturated rings. The molecule has 1 saturated carbocycles. The second-order valence-corrected chi connectivity index (χ2v) is 6.19.